The van der Waals surface area contributed by atoms with Gasteiger partial charge in [-0.25, -0.2) is 9.78 Å². The van der Waals surface area contributed by atoms with Gasteiger partial charge in [0.1, 0.15) is 28.7 Å². The molecule has 1 atom stereocenters. The molecule has 10 heteroatoms. The van der Waals surface area contributed by atoms with E-state index in [9.17, 15) is 24.6 Å². The fraction of sp³-hybridized carbons (Fsp3) is 0.185. The standard InChI is InChI=1S/C27H24N2O7S/c1-4-12-36-26(34)24-15(3)28-27(37-24)29-21(16-8-6-10-18(30)13-16)20(23(32)25(29)33)22(31)17-9-7-11-19(14-17)35-5-2/h4,6-11,13-14,21,30-31H,1,5,12H2,2-3H3/b22-20+. The molecule has 4 rings (SSSR count). The highest BCUT2D eigenvalue weighted by Gasteiger charge is 2.48. The number of phenols is 1. The lowest BCUT2D eigenvalue weighted by atomic mass is 9.95. The van der Waals surface area contributed by atoms with Crippen molar-refractivity contribution in [2.24, 2.45) is 0 Å². The van der Waals surface area contributed by atoms with E-state index in [2.05, 4.69) is 11.6 Å². The van der Waals surface area contributed by atoms with Gasteiger partial charge in [-0.3, -0.25) is 14.5 Å². The van der Waals surface area contributed by atoms with Gasteiger partial charge in [0.2, 0.25) is 0 Å². The number of hydrogen-bond acceptors (Lipinski definition) is 9. The number of carbonyl (C=O) groups excluding carboxylic acids is 3. The van der Waals surface area contributed by atoms with E-state index in [4.69, 9.17) is 9.47 Å². The number of Topliss-reactive ketones (excluding diaryl/α,β-unsaturated/α-hetero) is 1. The Morgan fingerprint density at radius 1 is 1.22 bits per heavy atom. The summed E-state index contributed by atoms with van der Waals surface area (Å²) in [5.41, 5.74) is 0.770. The van der Waals surface area contributed by atoms with Crippen LogP contribution in [0.3, 0.4) is 0 Å². The van der Waals surface area contributed by atoms with Crippen LogP contribution in [0.25, 0.3) is 5.76 Å². The van der Waals surface area contributed by atoms with E-state index in [0.29, 0.717) is 23.6 Å². The molecule has 2 heterocycles. The van der Waals surface area contributed by atoms with Gasteiger partial charge in [-0.2, -0.15) is 0 Å². The second kappa shape index (κ2) is 10.7. The number of ether oxygens (including phenoxy) is 2. The summed E-state index contributed by atoms with van der Waals surface area (Å²) in [6.45, 7) is 7.32. The van der Waals surface area contributed by atoms with Gasteiger partial charge < -0.3 is 19.7 Å². The molecule has 0 radical (unpaired) electrons. The van der Waals surface area contributed by atoms with Crippen LogP contribution in [-0.4, -0.2) is 46.1 Å². The Labute approximate surface area is 216 Å². The summed E-state index contributed by atoms with van der Waals surface area (Å²) in [6, 6.07) is 11.4. The molecule has 0 spiro atoms. The second-order valence-electron chi connectivity index (χ2n) is 8.02. The smallest absolute Gasteiger partial charge is 0.350 e. The molecule has 9 nitrogen and oxygen atoms in total. The highest BCUT2D eigenvalue weighted by atomic mass is 32.1. The lowest BCUT2D eigenvalue weighted by molar-refractivity contribution is -0.132. The van der Waals surface area contributed by atoms with Gasteiger partial charge in [-0.15, -0.1) is 0 Å². The SMILES string of the molecule is C=CCOC(=O)c1sc(N2C(=O)C(=O)/C(=C(/O)c3cccc(OCC)c3)C2c2cccc(O)c2)nc1C. The number of ketones is 1. The third-order valence-electron chi connectivity index (χ3n) is 5.56. The van der Waals surface area contributed by atoms with Crippen LogP contribution in [0.15, 0.2) is 66.8 Å². The number of anilines is 1. The van der Waals surface area contributed by atoms with Crippen LogP contribution in [0.2, 0.25) is 0 Å². The highest BCUT2D eigenvalue weighted by Crippen LogP contribution is 2.44. The average molecular weight is 521 g/mol. The van der Waals surface area contributed by atoms with Crippen molar-refractivity contribution in [2.75, 3.05) is 18.1 Å². The van der Waals surface area contributed by atoms with Gasteiger partial charge >= 0.3 is 11.9 Å². The van der Waals surface area contributed by atoms with Gasteiger partial charge in [-0.05, 0) is 43.7 Å². The van der Waals surface area contributed by atoms with E-state index < -0.39 is 29.5 Å². The Bertz CT molecular complexity index is 1430. The number of thiazole rings is 1. The molecule has 1 amide bonds. The molecule has 0 bridgehead atoms. The largest absolute Gasteiger partial charge is 0.508 e. The van der Waals surface area contributed by atoms with Gasteiger partial charge in [0.05, 0.1) is 23.9 Å². The fourth-order valence-electron chi connectivity index (χ4n) is 3.97. The minimum Gasteiger partial charge on any atom is -0.508 e. The predicted molar refractivity (Wildman–Crippen MR) is 138 cm³/mol. The number of amides is 1. The maximum atomic E-state index is 13.3. The van der Waals surface area contributed by atoms with E-state index >= 15 is 0 Å². The monoisotopic (exact) mass is 520 g/mol. The summed E-state index contributed by atoms with van der Waals surface area (Å²) in [5, 5.41) is 21.5. The number of esters is 1. The summed E-state index contributed by atoms with van der Waals surface area (Å²) in [6.07, 6.45) is 1.43. The maximum absolute atomic E-state index is 13.3. The number of benzene rings is 2. The number of phenolic OH excluding ortho intramolecular Hbond substituents is 1. The summed E-state index contributed by atoms with van der Waals surface area (Å²) in [7, 11) is 0. The van der Waals surface area contributed by atoms with Crippen molar-refractivity contribution >= 4 is 39.9 Å². The summed E-state index contributed by atoms with van der Waals surface area (Å²) >= 11 is 0.889. The first-order chi connectivity index (χ1) is 17.8. The molecule has 3 aromatic rings. The van der Waals surface area contributed by atoms with Gasteiger partial charge in [-0.1, -0.05) is 48.3 Å². The lowest BCUT2D eigenvalue weighted by Crippen LogP contribution is -2.29. The molecule has 1 unspecified atom stereocenters. The van der Waals surface area contributed by atoms with Gasteiger partial charge in [0.25, 0.3) is 5.78 Å². The Kier molecular flexibility index (Phi) is 7.40. The van der Waals surface area contributed by atoms with Crippen LogP contribution >= 0.6 is 11.3 Å². The lowest BCUT2D eigenvalue weighted by Gasteiger charge is -2.23. The van der Waals surface area contributed by atoms with Crippen LogP contribution in [0.4, 0.5) is 5.13 Å². The number of aromatic nitrogens is 1. The molecule has 190 valence electrons. The minimum absolute atomic E-state index is 0.000121. The number of carbonyl (C=O) groups is 3. The van der Waals surface area contributed by atoms with Crippen LogP contribution in [0.5, 0.6) is 11.5 Å². The van der Waals surface area contributed by atoms with Crippen molar-refractivity contribution in [3.05, 3.63) is 88.5 Å². The van der Waals surface area contributed by atoms with Gasteiger partial charge in [0.15, 0.2) is 5.13 Å². The Balaban J connectivity index is 1.88. The number of aliphatic hydroxyl groups is 1. The Morgan fingerprint density at radius 3 is 2.68 bits per heavy atom. The molecule has 1 fully saturated rings. The molecular formula is C27H24N2O7S. The molecule has 1 aromatic heterocycles. The quantitative estimate of drug-likeness (QED) is 0.146. The maximum Gasteiger partial charge on any atom is 0.350 e. The van der Waals surface area contributed by atoms with Crippen molar-refractivity contribution in [1.82, 2.24) is 4.98 Å². The zero-order chi connectivity index (χ0) is 26.7. The zero-order valence-corrected chi connectivity index (χ0v) is 20.9. The van der Waals surface area contributed by atoms with E-state index in [1.807, 2.05) is 6.92 Å². The average Bonchev–Trinajstić information content (AvgIpc) is 3.39. The third-order valence-corrected chi connectivity index (χ3v) is 6.69. The van der Waals surface area contributed by atoms with Crippen molar-refractivity contribution in [2.45, 2.75) is 19.9 Å². The summed E-state index contributed by atoms with van der Waals surface area (Å²) in [4.78, 5) is 44.8. The molecule has 1 aliphatic heterocycles. The number of aromatic hydroxyl groups is 1. The number of aryl methyl sites for hydroxylation is 1. The van der Waals surface area contributed by atoms with Crippen LogP contribution in [0.1, 0.15) is 39.5 Å². The van der Waals surface area contributed by atoms with E-state index in [0.717, 1.165) is 16.2 Å². The number of rotatable bonds is 8. The van der Waals surface area contributed by atoms with Gasteiger partial charge in [0, 0.05) is 5.56 Å². The Hall–Kier alpha value is -4.44. The molecular weight excluding hydrogens is 496 g/mol. The minimum atomic E-state index is -1.12. The third kappa shape index (κ3) is 4.96. The van der Waals surface area contributed by atoms with E-state index in [-0.39, 0.29) is 33.5 Å². The van der Waals surface area contributed by atoms with Crippen LogP contribution in [-0.2, 0) is 14.3 Å². The van der Waals surface area contributed by atoms with Crippen molar-refractivity contribution in [3.63, 3.8) is 0 Å². The Morgan fingerprint density at radius 2 is 1.97 bits per heavy atom. The first-order valence-electron chi connectivity index (χ1n) is 11.3. The second-order valence-corrected chi connectivity index (χ2v) is 9.00. The normalized spacial score (nSPS) is 16.6. The molecule has 2 N–H and O–H groups in total. The first kappa shape index (κ1) is 25.6. The molecule has 0 aliphatic carbocycles. The topological polar surface area (TPSA) is 126 Å². The van der Waals surface area contributed by atoms with E-state index in [1.54, 1.807) is 43.3 Å². The predicted octanol–water partition coefficient (Wildman–Crippen LogP) is 4.52. The first-order valence-corrected chi connectivity index (χ1v) is 12.2. The molecule has 0 saturated carbocycles. The summed E-state index contributed by atoms with van der Waals surface area (Å²) < 4.78 is 10.6. The van der Waals surface area contributed by atoms with Crippen molar-refractivity contribution in [3.8, 4) is 11.5 Å². The van der Waals surface area contributed by atoms with Crippen LogP contribution < -0.4 is 9.64 Å². The highest BCUT2D eigenvalue weighted by molar-refractivity contribution is 7.17. The number of nitrogens with zero attached hydrogens (tertiary/aromatic N) is 2. The fourth-order valence-corrected chi connectivity index (χ4v) is 4.96. The molecule has 1 aliphatic rings. The number of hydrogen-bond donors (Lipinski definition) is 2. The zero-order valence-electron chi connectivity index (χ0n) is 20.1. The van der Waals surface area contributed by atoms with Crippen molar-refractivity contribution in [1.29, 1.82) is 0 Å². The number of aliphatic hydroxyl groups excluding tert-OH is 1. The molecule has 1 saturated heterocycles. The van der Waals surface area contributed by atoms with Crippen LogP contribution in [0, 0.1) is 6.92 Å². The van der Waals surface area contributed by atoms with E-state index in [1.165, 1.54) is 18.2 Å². The summed E-state index contributed by atoms with van der Waals surface area (Å²) in [5.74, 6) is -2.53. The molecule has 2 aromatic carbocycles. The molecule has 37 heavy (non-hydrogen) atoms. The van der Waals surface area contributed by atoms with Crippen molar-refractivity contribution < 1.29 is 34.1 Å².